The third kappa shape index (κ3) is 2.10. The number of rotatable bonds is 3. The molecule has 0 aliphatic heterocycles. The van der Waals surface area contributed by atoms with Crippen LogP contribution in [-0.4, -0.2) is 15.0 Å². The Morgan fingerprint density at radius 3 is 2.64 bits per heavy atom. The van der Waals surface area contributed by atoms with Crippen LogP contribution in [-0.2, 0) is 10.0 Å². The Morgan fingerprint density at radius 2 is 2.07 bits per heavy atom. The molecule has 0 unspecified atom stereocenters. The van der Waals surface area contributed by atoms with Gasteiger partial charge in [0.2, 0.25) is 10.0 Å². The van der Waals surface area contributed by atoms with Gasteiger partial charge >= 0.3 is 0 Å². The molecule has 0 aromatic heterocycles. The summed E-state index contributed by atoms with van der Waals surface area (Å²) < 4.78 is 38.4. The van der Waals surface area contributed by atoms with Crippen molar-refractivity contribution in [2.75, 3.05) is 6.54 Å². The van der Waals surface area contributed by atoms with Crippen LogP contribution in [0.1, 0.15) is 12.5 Å². The summed E-state index contributed by atoms with van der Waals surface area (Å²) in [4.78, 5) is -0.000602. The first kappa shape index (κ1) is 11.1. The lowest BCUT2D eigenvalue weighted by atomic mass is 10.2. The van der Waals surface area contributed by atoms with E-state index in [0.29, 0.717) is 0 Å². The van der Waals surface area contributed by atoms with Gasteiger partial charge in [0.25, 0.3) is 0 Å². The van der Waals surface area contributed by atoms with E-state index in [1.165, 1.54) is 25.1 Å². The molecule has 1 N–H and O–H groups in total. The van der Waals surface area contributed by atoms with Gasteiger partial charge in [-0.3, -0.25) is 0 Å². The Morgan fingerprint density at radius 1 is 1.43 bits per heavy atom. The fraction of sp³-hybridized carbons (Fsp3) is 0.333. The van der Waals surface area contributed by atoms with E-state index in [1.807, 2.05) is 0 Å². The van der Waals surface area contributed by atoms with Gasteiger partial charge in [0.15, 0.2) is 0 Å². The van der Waals surface area contributed by atoms with Crippen molar-refractivity contribution in [2.45, 2.75) is 18.7 Å². The van der Waals surface area contributed by atoms with Gasteiger partial charge in [-0.05, 0) is 19.1 Å². The number of nitrogens with one attached hydrogen (secondary N) is 1. The van der Waals surface area contributed by atoms with Crippen LogP contribution in [0.4, 0.5) is 4.39 Å². The van der Waals surface area contributed by atoms with Crippen LogP contribution in [0.2, 0.25) is 0 Å². The van der Waals surface area contributed by atoms with Gasteiger partial charge in [0.05, 0.1) is 4.90 Å². The highest BCUT2D eigenvalue weighted by atomic mass is 32.2. The molecular formula is C9H12FNO2S. The second kappa shape index (κ2) is 4.06. The Kier molecular flexibility index (Phi) is 3.23. The fourth-order valence-electron chi connectivity index (χ4n) is 1.15. The van der Waals surface area contributed by atoms with Crippen molar-refractivity contribution in [3.05, 3.63) is 29.6 Å². The molecule has 0 saturated heterocycles. The molecule has 0 heterocycles. The number of hydrogen-bond donors (Lipinski definition) is 1. The van der Waals surface area contributed by atoms with Crippen LogP contribution in [0.5, 0.6) is 0 Å². The van der Waals surface area contributed by atoms with E-state index in [4.69, 9.17) is 0 Å². The van der Waals surface area contributed by atoms with E-state index >= 15 is 0 Å². The van der Waals surface area contributed by atoms with Crippen molar-refractivity contribution < 1.29 is 12.8 Å². The maximum Gasteiger partial charge on any atom is 0.240 e. The van der Waals surface area contributed by atoms with E-state index in [-0.39, 0.29) is 17.0 Å². The summed E-state index contributed by atoms with van der Waals surface area (Å²) in [5.74, 6) is -0.510. The molecule has 78 valence electrons. The Bertz CT molecular complexity index is 428. The average Bonchev–Trinajstić information content (AvgIpc) is 2.09. The first-order valence-corrected chi connectivity index (χ1v) is 5.72. The third-order valence-corrected chi connectivity index (χ3v) is 3.53. The fourth-order valence-corrected chi connectivity index (χ4v) is 2.44. The van der Waals surface area contributed by atoms with Gasteiger partial charge < -0.3 is 0 Å². The minimum Gasteiger partial charge on any atom is -0.211 e. The normalized spacial score (nSPS) is 11.6. The average molecular weight is 217 g/mol. The second-order valence-corrected chi connectivity index (χ2v) is 4.60. The molecule has 0 fully saturated rings. The summed E-state index contributed by atoms with van der Waals surface area (Å²) in [5, 5.41) is 0. The van der Waals surface area contributed by atoms with Crippen molar-refractivity contribution in [2.24, 2.45) is 0 Å². The zero-order valence-corrected chi connectivity index (χ0v) is 8.86. The third-order valence-electron chi connectivity index (χ3n) is 1.84. The minimum atomic E-state index is -3.55. The Hall–Kier alpha value is -0.940. The number of benzene rings is 1. The van der Waals surface area contributed by atoms with Crippen LogP contribution in [0.25, 0.3) is 0 Å². The molecule has 0 amide bonds. The number of sulfonamides is 1. The molecule has 1 aromatic rings. The molecule has 0 aliphatic carbocycles. The van der Waals surface area contributed by atoms with Crippen LogP contribution in [0.15, 0.2) is 23.1 Å². The highest BCUT2D eigenvalue weighted by Gasteiger charge is 2.16. The Balaban J connectivity index is 3.27. The lowest BCUT2D eigenvalue weighted by Gasteiger charge is -2.07. The van der Waals surface area contributed by atoms with Gasteiger partial charge in [-0.2, -0.15) is 0 Å². The van der Waals surface area contributed by atoms with Gasteiger partial charge in [-0.15, -0.1) is 0 Å². The number of halogens is 1. The van der Waals surface area contributed by atoms with Crippen LogP contribution in [0, 0.1) is 12.7 Å². The summed E-state index contributed by atoms with van der Waals surface area (Å²) >= 11 is 0. The quantitative estimate of drug-likeness (QED) is 0.832. The second-order valence-electron chi connectivity index (χ2n) is 2.86. The maximum atomic E-state index is 13.1. The molecule has 0 aliphatic rings. The van der Waals surface area contributed by atoms with E-state index in [2.05, 4.69) is 4.72 Å². The minimum absolute atomic E-state index is 0.000602. The summed E-state index contributed by atoms with van der Waals surface area (Å²) in [5.41, 5.74) is 0.147. The summed E-state index contributed by atoms with van der Waals surface area (Å²) in [7, 11) is -3.55. The van der Waals surface area contributed by atoms with E-state index < -0.39 is 15.8 Å². The molecule has 1 rings (SSSR count). The van der Waals surface area contributed by atoms with Gasteiger partial charge in [0, 0.05) is 12.1 Å². The molecule has 3 nitrogen and oxygen atoms in total. The first-order valence-electron chi connectivity index (χ1n) is 4.24. The van der Waals surface area contributed by atoms with Crippen molar-refractivity contribution in [3.63, 3.8) is 0 Å². The van der Waals surface area contributed by atoms with Crippen molar-refractivity contribution in [3.8, 4) is 0 Å². The largest absolute Gasteiger partial charge is 0.240 e. The van der Waals surface area contributed by atoms with Crippen LogP contribution < -0.4 is 4.72 Å². The van der Waals surface area contributed by atoms with Gasteiger partial charge in [-0.1, -0.05) is 13.0 Å². The van der Waals surface area contributed by atoms with Gasteiger partial charge in [-0.25, -0.2) is 17.5 Å². The van der Waals surface area contributed by atoms with Crippen LogP contribution >= 0.6 is 0 Å². The molecule has 0 radical (unpaired) electrons. The summed E-state index contributed by atoms with van der Waals surface area (Å²) in [6.07, 6.45) is 0. The zero-order valence-electron chi connectivity index (χ0n) is 8.04. The van der Waals surface area contributed by atoms with Crippen molar-refractivity contribution in [1.29, 1.82) is 0 Å². The van der Waals surface area contributed by atoms with Gasteiger partial charge in [0.1, 0.15) is 5.82 Å². The molecule has 1 aromatic carbocycles. The topological polar surface area (TPSA) is 46.2 Å². The first-order chi connectivity index (χ1) is 6.49. The molecule has 0 bridgehead atoms. The molecule has 5 heteroatoms. The summed E-state index contributed by atoms with van der Waals surface area (Å²) in [6.45, 7) is 3.41. The zero-order chi connectivity index (χ0) is 10.8. The lowest BCUT2D eigenvalue weighted by Crippen LogP contribution is -2.24. The predicted molar refractivity (Wildman–Crippen MR) is 52.0 cm³/mol. The standard InChI is InChI=1S/C9H12FNO2S/c1-3-11-14(12,13)9-6-4-5-8(10)7(9)2/h4-6,11H,3H2,1-2H3. The highest BCUT2D eigenvalue weighted by molar-refractivity contribution is 7.89. The van der Waals surface area contributed by atoms with Crippen molar-refractivity contribution in [1.82, 2.24) is 4.72 Å². The highest BCUT2D eigenvalue weighted by Crippen LogP contribution is 2.16. The SMILES string of the molecule is CCNS(=O)(=O)c1cccc(F)c1C. The molecule has 0 spiro atoms. The smallest absolute Gasteiger partial charge is 0.211 e. The molecule has 0 saturated carbocycles. The Labute approximate surface area is 83.0 Å². The van der Waals surface area contributed by atoms with E-state index in [0.717, 1.165) is 0 Å². The van der Waals surface area contributed by atoms with Crippen LogP contribution in [0.3, 0.4) is 0 Å². The lowest BCUT2D eigenvalue weighted by molar-refractivity contribution is 0.576. The maximum absolute atomic E-state index is 13.1. The molecule has 14 heavy (non-hydrogen) atoms. The monoisotopic (exact) mass is 217 g/mol. The van der Waals surface area contributed by atoms with Crippen molar-refractivity contribution >= 4 is 10.0 Å². The summed E-state index contributed by atoms with van der Waals surface area (Å²) in [6, 6.07) is 4.00. The molecule has 0 atom stereocenters. The molecular weight excluding hydrogens is 205 g/mol. The van der Waals surface area contributed by atoms with E-state index in [1.54, 1.807) is 6.92 Å². The predicted octanol–water partition coefficient (Wildman–Crippen LogP) is 1.43. The number of hydrogen-bond acceptors (Lipinski definition) is 2. The van der Waals surface area contributed by atoms with E-state index in [9.17, 15) is 12.8 Å².